The van der Waals surface area contributed by atoms with Crippen LogP contribution in [-0.4, -0.2) is 0 Å². The molecule has 0 unspecified atom stereocenters. The van der Waals surface area contributed by atoms with Crippen LogP contribution in [0.5, 0.6) is 0 Å². The van der Waals surface area contributed by atoms with Crippen molar-refractivity contribution in [2.24, 2.45) is 11.8 Å². The molecule has 1 nitrogen and oxygen atoms in total. The Morgan fingerprint density at radius 1 is 1.50 bits per heavy atom. The molecule has 1 atom stereocenters. The van der Waals surface area contributed by atoms with Crippen LogP contribution in [0, 0.1) is 23.2 Å². The smallest absolute Gasteiger partial charge is 0.0658 e. The van der Waals surface area contributed by atoms with Crippen LogP contribution in [0.2, 0.25) is 0 Å². The highest BCUT2D eigenvalue weighted by Crippen LogP contribution is 2.11. The van der Waals surface area contributed by atoms with Crippen LogP contribution < -0.4 is 0 Å². The highest BCUT2D eigenvalue weighted by atomic mass is 14.3. The van der Waals surface area contributed by atoms with Gasteiger partial charge in [0.1, 0.15) is 0 Å². The first-order valence-corrected chi connectivity index (χ1v) is 3.12. The van der Waals surface area contributed by atoms with Gasteiger partial charge in [0.2, 0.25) is 0 Å². The molecule has 0 aromatic rings. The van der Waals surface area contributed by atoms with Gasteiger partial charge in [0.05, 0.1) is 6.07 Å². The Balaban J connectivity index is 3.57. The molecule has 0 aliphatic heterocycles. The molecule has 1 heteroatoms. The number of hydrogen-bond donors (Lipinski definition) is 0. The largest absolute Gasteiger partial charge is 0.198 e. The summed E-state index contributed by atoms with van der Waals surface area (Å²) in [5.74, 6) is 0.778. The quantitative estimate of drug-likeness (QED) is 0.536. The summed E-state index contributed by atoms with van der Waals surface area (Å²) in [5, 5.41) is 8.45. The highest BCUT2D eigenvalue weighted by Gasteiger charge is 2.07. The van der Waals surface area contributed by atoms with Gasteiger partial charge in [-0.1, -0.05) is 20.8 Å². The summed E-state index contributed by atoms with van der Waals surface area (Å²) in [7, 11) is 0. The van der Waals surface area contributed by atoms with Gasteiger partial charge in [-0.05, 0) is 12.3 Å². The second kappa shape index (κ2) is 3.49. The SMILES string of the molecule is CC[C@@H](C#N)C(C)C. The minimum Gasteiger partial charge on any atom is -0.198 e. The van der Waals surface area contributed by atoms with Gasteiger partial charge in [-0.2, -0.15) is 5.26 Å². The summed E-state index contributed by atoms with van der Waals surface area (Å²) < 4.78 is 0. The molecule has 0 rings (SSSR count). The average Bonchev–Trinajstić information content (AvgIpc) is 1.69. The van der Waals surface area contributed by atoms with Crippen molar-refractivity contribution in [3.8, 4) is 6.07 Å². The van der Waals surface area contributed by atoms with Crippen LogP contribution in [0.1, 0.15) is 27.2 Å². The molecule has 0 saturated carbocycles. The van der Waals surface area contributed by atoms with Gasteiger partial charge in [0.15, 0.2) is 0 Å². The van der Waals surface area contributed by atoms with Crippen LogP contribution in [0.3, 0.4) is 0 Å². The standard InChI is InChI=1S/C7H13N/c1-4-7(5-8)6(2)3/h6-7H,4H2,1-3H3/t7-/m0/s1. The van der Waals surface area contributed by atoms with E-state index in [1.807, 2.05) is 6.92 Å². The van der Waals surface area contributed by atoms with Crippen molar-refractivity contribution >= 4 is 0 Å². The van der Waals surface area contributed by atoms with Crippen molar-refractivity contribution < 1.29 is 0 Å². The number of rotatable bonds is 2. The lowest BCUT2D eigenvalue weighted by Gasteiger charge is -2.07. The maximum absolute atomic E-state index is 8.45. The van der Waals surface area contributed by atoms with Gasteiger partial charge in [-0.25, -0.2) is 0 Å². The fourth-order valence-electron chi connectivity index (χ4n) is 0.712. The second-order valence-electron chi connectivity index (χ2n) is 2.39. The zero-order chi connectivity index (χ0) is 6.57. The molecule has 0 radical (unpaired) electrons. The first-order chi connectivity index (χ1) is 3.72. The topological polar surface area (TPSA) is 23.8 Å². The Kier molecular flexibility index (Phi) is 3.26. The molecular formula is C7H13N. The molecular weight excluding hydrogens is 98.1 g/mol. The van der Waals surface area contributed by atoms with Crippen molar-refractivity contribution in [1.29, 1.82) is 5.26 Å². The van der Waals surface area contributed by atoms with Gasteiger partial charge >= 0.3 is 0 Å². The molecule has 0 aliphatic carbocycles. The minimum absolute atomic E-state index is 0.259. The van der Waals surface area contributed by atoms with E-state index < -0.39 is 0 Å². The number of nitriles is 1. The van der Waals surface area contributed by atoms with E-state index in [4.69, 9.17) is 5.26 Å². The zero-order valence-electron chi connectivity index (χ0n) is 5.81. The molecule has 0 spiro atoms. The highest BCUT2D eigenvalue weighted by molar-refractivity contribution is 4.83. The predicted molar refractivity (Wildman–Crippen MR) is 34.2 cm³/mol. The summed E-state index contributed by atoms with van der Waals surface area (Å²) in [6.07, 6.45) is 0.980. The predicted octanol–water partition coefficient (Wildman–Crippen LogP) is 2.19. The summed E-state index contributed by atoms with van der Waals surface area (Å²) in [4.78, 5) is 0. The van der Waals surface area contributed by atoms with Gasteiger partial charge in [-0.3, -0.25) is 0 Å². The zero-order valence-corrected chi connectivity index (χ0v) is 5.81. The third-order valence-corrected chi connectivity index (χ3v) is 1.41. The van der Waals surface area contributed by atoms with E-state index in [0.29, 0.717) is 5.92 Å². The van der Waals surface area contributed by atoms with Crippen molar-refractivity contribution in [3.63, 3.8) is 0 Å². The fourth-order valence-corrected chi connectivity index (χ4v) is 0.712. The van der Waals surface area contributed by atoms with Gasteiger partial charge < -0.3 is 0 Å². The maximum Gasteiger partial charge on any atom is 0.0658 e. The lowest BCUT2D eigenvalue weighted by atomic mass is 9.95. The summed E-state index contributed by atoms with van der Waals surface area (Å²) in [6, 6.07) is 2.25. The van der Waals surface area contributed by atoms with Crippen molar-refractivity contribution in [3.05, 3.63) is 0 Å². The van der Waals surface area contributed by atoms with Crippen LogP contribution in [0.25, 0.3) is 0 Å². The lowest BCUT2D eigenvalue weighted by molar-refractivity contribution is 0.463. The van der Waals surface area contributed by atoms with E-state index in [1.165, 1.54) is 0 Å². The van der Waals surface area contributed by atoms with E-state index >= 15 is 0 Å². The van der Waals surface area contributed by atoms with Crippen molar-refractivity contribution in [2.75, 3.05) is 0 Å². The van der Waals surface area contributed by atoms with E-state index in [-0.39, 0.29) is 5.92 Å². The average molecular weight is 111 g/mol. The van der Waals surface area contributed by atoms with Gasteiger partial charge in [0.25, 0.3) is 0 Å². The monoisotopic (exact) mass is 111 g/mol. The Morgan fingerprint density at radius 3 is 2.00 bits per heavy atom. The van der Waals surface area contributed by atoms with Crippen LogP contribution in [-0.2, 0) is 0 Å². The molecule has 46 valence electrons. The molecule has 0 amide bonds. The number of nitrogens with zero attached hydrogens (tertiary/aromatic N) is 1. The van der Waals surface area contributed by atoms with E-state index in [2.05, 4.69) is 19.9 Å². The molecule has 0 heterocycles. The first kappa shape index (κ1) is 7.49. The van der Waals surface area contributed by atoms with Crippen LogP contribution in [0.15, 0.2) is 0 Å². The molecule has 0 N–H and O–H groups in total. The van der Waals surface area contributed by atoms with Crippen LogP contribution in [0.4, 0.5) is 0 Å². The fraction of sp³-hybridized carbons (Fsp3) is 0.857. The van der Waals surface area contributed by atoms with E-state index in [1.54, 1.807) is 0 Å². The molecule has 0 bridgehead atoms. The summed E-state index contributed by atoms with van der Waals surface area (Å²) >= 11 is 0. The van der Waals surface area contributed by atoms with E-state index in [9.17, 15) is 0 Å². The lowest BCUT2D eigenvalue weighted by Crippen LogP contribution is -2.03. The molecule has 8 heavy (non-hydrogen) atoms. The molecule has 0 saturated heterocycles. The summed E-state index contributed by atoms with van der Waals surface area (Å²) in [5.41, 5.74) is 0. The maximum atomic E-state index is 8.45. The Hall–Kier alpha value is -0.510. The molecule has 0 aromatic heterocycles. The van der Waals surface area contributed by atoms with Crippen molar-refractivity contribution in [2.45, 2.75) is 27.2 Å². The number of hydrogen-bond acceptors (Lipinski definition) is 1. The molecule has 0 aromatic carbocycles. The minimum atomic E-state index is 0.259. The molecule has 0 fully saturated rings. The third kappa shape index (κ3) is 1.97. The Labute approximate surface area is 51.3 Å². The third-order valence-electron chi connectivity index (χ3n) is 1.41. The first-order valence-electron chi connectivity index (χ1n) is 3.12. The van der Waals surface area contributed by atoms with Crippen LogP contribution >= 0.6 is 0 Å². The second-order valence-corrected chi connectivity index (χ2v) is 2.39. The Morgan fingerprint density at radius 2 is 2.00 bits per heavy atom. The van der Waals surface area contributed by atoms with Gasteiger partial charge in [-0.15, -0.1) is 0 Å². The van der Waals surface area contributed by atoms with Gasteiger partial charge in [0, 0.05) is 5.92 Å². The van der Waals surface area contributed by atoms with E-state index in [0.717, 1.165) is 6.42 Å². The summed E-state index contributed by atoms with van der Waals surface area (Å²) in [6.45, 7) is 6.21. The normalized spacial score (nSPS) is 13.4. The van der Waals surface area contributed by atoms with Crippen molar-refractivity contribution in [1.82, 2.24) is 0 Å². The molecule has 0 aliphatic rings. The Bertz CT molecular complexity index is 89.1.